The van der Waals surface area contributed by atoms with Crippen LogP contribution >= 0.6 is 0 Å². The highest BCUT2D eigenvalue weighted by Gasteiger charge is 2.09. The molecule has 0 saturated heterocycles. The maximum atomic E-state index is 13.3. The van der Waals surface area contributed by atoms with Crippen molar-refractivity contribution in [2.45, 2.75) is 6.54 Å². The van der Waals surface area contributed by atoms with Gasteiger partial charge in [0, 0.05) is 24.2 Å². The van der Waals surface area contributed by atoms with Crippen LogP contribution in [0.4, 0.5) is 4.39 Å². The Morgan fingerprint density at radius 2 is 2.36 bits per heavy atom. The van der Waals surface area contributed by atoms with Crippen molar-refractivity contribution in [2.24, 2.45) is 10.7 Å². The normalized spacial score (nSPS) is 15.1. The van der Waals surface area contributed by atoms with Crippen molar-refractivity contribution in [3.8, 4) is 0 Å². The summed E-state index contributed by atoms with van der Waals surface area (Å²) in [4.78, 5) is 4.21. The molecule has 0 unspecified atom stereocenters. The minimum Gasteiger partial charge on any atom is -0.368 e. The quantitative estimate of drug-likeness (QED) is 0.724. The van der Waals surface area contributed by atoms with E-state index in [4.69, 9.17) is 5.73 Å². The SMILES string of the molecule is NCc1ccc(C2=NCCN2)cc1F. The number of nitrogens with zero attached hydrogens (tertiary/aromatic N) is 1. The molecule has 0 bridgehead atoms. The molecule has 3 nitrogen and oxygen atoms in total. The Hall–Kier alpha value is -1.42. The van der Waals surface area contributed by atoms with Crippen molar-refractivity contribution in [3.05, 3.63) is 35.1 Å². The monoisotopic (exact) mass is 193 g/mol. The van der Waals surface area contributed by atoms with E-state index < -0.39 is 0 Å². The Morgan fingerprint density at radius 1 is 1.50 bits per heavy atom. The Kier molecular flexibility index (Phi) is 2.45. The Bertz CT molecular complexity index is 374. The number of hydrogen-bond donors (Lipinski definition) is 2. The summed E-state index contributed by atoms with van der Waals surface area (Å²) in [5.41, 5.74) is 6.69. The van der Waals surface area contributed by atoms with E-state index in [2.05, 4.69) is 10.3 Å². The number of benzene rings is 1. The summed E-state index contributed by atoms with van der Waals surface area (Å²) in [6.07, 6.45) is 0. The second-order valence-electron chi connectivity index (χ2n) is 3.17. The molecule has 2 rings (SSSR count). The highest BCUT2D eigenvalue weighted by molar-refractivity contribution is 5.99. The Balaban J connectivity index is 2.32. The van der Waals surface area contributed by atoms with Gasteiger partial charge in [-0.05, 0) is 6.07 Å². The van der Waals surface area contributed by atoms with Crippen LogP contribution in [0, 0.1) is 5.82 Å². The van der Waals surface area contributed by atoms with Gasteiger partial charge in [0.25, 0.3) is 0 Å². The number of rotatable bonds is 2. The Labute approximate surface area is 81.8 Å². The van der Waals surface area contributed by atoms with Crippen LogP contribution in [0.2, 0.25) is 0 Å². The lowest BCUT2D eigenvalue weighted by atomic mass is 10.1. The van der Waals surface area contributed by atoms with E-state index >= 15 is 0 Å². The third-order valence-electron chi connectivity index (χ3n) is 2.22. The highest BCUT2D eigenvalue weighted by atomic mass is 19.1. The van der Waals surface area contributed by atoms with Crippen molar-refractivity contribution < 1.29 is 4.39 Å². The van der Waals surface area contributed by atoms with Gasteiger partial charge in [-0.1, -0.05) is 12.1 Å². The van der Waals surface area contributed by atoms with Gasteiger partial charge < -0.3 is 11.1 Å². The number of aliphatic imine (C=N–C) groups is 1. The zero-order chi connectivity index (χ0) is 9.97. The van der Waals surface area contributed by atoms with Gasteiger partial charge in [-0.3, -0.25) is 4.99 Å². The second-order valence-corrected chi connectivity index (χ2v) is 3.17. The summed E-state index contributed by atoms with van der Waals surface area (Å²) < 4.78 is 13.3. The average molecular weight is 193 g/mol. The van der Waals surface area contributed by atoms with Crippen molar-refractivity contribution in [2.75, 3.05) is 13.1 Å². The van der Waals surface area contributed by atoms with E-state index in [1.165, 1.54) is 6.07 Å². The molecule has 74 valence electrons. The molecule has 0 atom stereocenters. The number of halogens is 1. The van der Waals surface area contributed by atoms with Crippen molar-refractivity contribution in [1.82, 2.24) is 5.32 Å². The first-order chi connectivity index (χ1) is 6.81. The van der Waals surface area contributed by atoms with E-state index in [-0.39, 0.29) is 12.4 Å². The van der Waals surface area contributed by atoms with Crippen LogP contribution in [0.25, 0.3) is 0 Å². The van der Waals surface area contributed by atoms with Gasteiger partial charge in [-0.2, -0.15) is 0 Å². The van der Waals surface area contributed by atoms with Crippen LogP contribution in [0.15, 0.2) is 23.2 Å². The zero-order valence-corrected chi connectivity index (χ0v) is 7.76. The largest absolute Gasteiger partial charge is 0.368 e. The second kappa shape index (κ2) is 3.75. The summed E-state index contributed by atoms with van der Waals surface area (Å²) >= 11 is 0. The number of nitrogens with one attached hydrogen (secondary N) is 1. The van der Waals surface area contributed by atoms with Crippen molar-refractivity contribution >= 4 is 5.84 Å². The average Bonchev–Trinajstić information content (AvgIpc) is 2.70. The first-order valence-electron chi connectivity index (χ1n) is 4.58. The van der Waals surface area contributed by atoms with Crippen molar-refractivity contribution in [1.29, 1.82) is 0 Å². The Morgan fingerprint density at radius 3 is 2.93 bits per heavy atom. The van der Waals surface area contributed by atoms with Gasteiger partial charge >= 0.3 is 0 Å². The third kappa shape index (κ3) is 1.61. The maximum Gasteiger partial charge on any atom is 0.128 e. The van der Waals surface area contributed by atoms with Gasteiger partial charge in [-0.25, -0.2) is 4.39 Å². The summed E-state index contributed by atoms with van der Waals surface area (Å²) in [5, 5.41) is 3.09. The van der Waals surface area contributed by atoms with Gasteiger partial charge in [0.15, 0.2) is 0 Å². The fourth-order valence-corrected chi connectivity index (χ4v) is 1.45. The van der Waals surface area contributed by atoms with Crippen LogP contribution in [0.5, 0.6) is 0 Å². The van der Waals surface area contributed by atoms with E-state index in [0.717, 1.165) is 24.5 Å². The molecule has 0 fully saturated rings. The molecule has 14 heavy (non-hydrogen) atoms. The molecule has 1 aliphatic heterocycles. The van der Waals surface area contributed by atoms with Gasteiger partial charge in [-0.15, -0.1) is 0 Å². The maximum absolute atomic E-state index is 13.3. The molecule has 0 radical (unpaired) electrons. The first-order valence-corrected chi connectivity index (χ1v) is 4.58. The molecule has 0 saturated carbocycles. The fourth-order valence-electron chi connectivity index (χ4n) is 1.45. The smallest absolute Gasteiger partial charge is 0.128 e. The topological polar surface area (TPSA) is 50.4 Å². The number of hydrogen-bond acceptors (Lipinski definition) is 3. The fraction of sp³-hybridized carbons (Fsp3) is 0.300. The molecular weight excluding hydrogens is 181 g/mol. The zero-order valence-electron chi connectivity index (χ0n) is 7.76. The third-order valence-corrected chi connectivity index (χ3v) is 2.22. The van der Waals surface area contributed by atoms with E-state index in [1.807, 2.05) is 6.07 Å². The first kappa shape index (κ1) is 9.15. The van der Waals surface area contributed by atoms with Crippen LogP contribution in [0.3, 0.4) is 0 Å². The molecule has 1 aliphatic rings. The predicted molar refractivity (Wildman–Crippen MR) is 53.7 cm³/mol. The lowest BCUT2D eigenvalue weighted by Crippen LogP contribution is -2.19. The number of amidine groups is 1. The van der Waals surface area contributed by atoms with Crippen LogP contribution in [-0.4, -0.2) is 18.9 Å². The van der Waals surface area contributed by atoms with Gasteiger partial charge in [0.1, 0.15) is 11.7 Å². The molecule has 1 heterocycles. The lowest BCUT2D eigenvalue weighted by molar-refractivity contribution is 0.610. The molecule has 4 heteroatoms. The van der Waals surface area contributed by atoms with E-state index in [1.54, 1.807) is 6.07 Å². The van der Waals surface area contributed by atoms with E-state index in [9.17, 15) is 4.39 Å². The molecule has 0 spiro atoms. The van der Waals surface area contributed by atoms with Crippen molar-refractivity contribution in [3.63, 3.8) is 0 Å². The van der Waals surface area contributed by atoms with E-state index in [0.29, 0.717) is 5.56 Å². The highest BCUT2D eigenvalue weighted by Crippen LogP contribution is 2.11. The van der Waals surface area contributed by atoms with Crippen LogP contribution in [-0.2, 0) is 6.54 Å². The standard InChI is InChI=1S/C10H12FN3/c11-9-5-7(1-2-8(9)6-12)10-13-3-4-14-10/h1-2,5H,3-4,6,12H2,(H,13,14). The molecule has 0 amide bonds. The van der Waals surface area contributed by atoms with Gasteiger partial charge in [0.2, 0.25) is 0 Å². The number of nitrogens with two attached hydrogens (primary N) is 1. The molecule has 0 aromatic heterocycles. The molecule has 0 aliphatic carbocycles. The van der Waals surface area contributed by atoms with Gasteiger partial charge in [0.05, 0.1) is 6.54 Å². The lowest BCUT2D eigenvalue weighted by Gasteiger charge is -2.04. The summed E-state index contributed by atoms with van der Waals surface area (Å²) in [6.45, 7) is 1.82. The molecule has 3 N–H and O–H groups in total. The predicted octanol–water partition coefficient (Wildman–Crippen LogP) is 0.634. The molecule has 1 aromatic rings. The van der Waals surface area contributed by atoms with Crippen LogP contribution < -0.4 is 11.1 Å². The summed E-state index contributed by atoms with van der Waals surface area (Å²) in [7, 11) is 0. The molecular formula is C10H12FN3. The minimum absolute atomic E-state index is 0.228. The summed E-state index contributed by atoms with van der Waals surface area (Å²) in [5.74, 6) is 0.508. The molecule has 1 aromatic carbocycles. The minimum atomic E-state index is -0.263. The van der Waals surface area contributed by atoms with Crippen LogP contribution in [0.1, 0.15) is 11.1 Å². The summed E-state index contributed by atoms with van der Waals surface area (Å²) in [6, 6.07) is 5.01.